The van der Waals surface area contributed by atoms with Gasteiger partial charge < -0.3 is 48.3 Å². The van der Waals surface area contributed by atoms with Crippen LogP contribution in [0.4, 0.5) is 0 Å². The molecule has 5 atom stereocenters. The van der Waals surface area contributed by atoms with Crippen LogP contribution in [0.1, 0.15) is 104 Å². The largest absolute Gasteiger partial charge is 0.355 e. The summed E-state index contributed by atoms with van der Waals surface area (Å²) in [6.45, 7) is 5.70. The zero-order chi connectivity index (χ0) is 37.7. The molecule has 0 fully saturated rings. The third-order valence-electron chi connectivity index (χ3n) is 8.52. The fraction of sp³-hybridized carbons (Fsp3) is 0.829. The minimum absolute atomic E-state index is 0.0841. The predicted molar refractivity (Wildman–Crippen MR) is 197 cm³/mol. The minimum atomic E-state index is -0.964. The number of carbonyl (C=O) groups excluding carboxylic acids is 6. The highest BCUT2D eigenvalue weighted by Crippen LogP contribution is 2.09. The minimum Gasteiger partial charge on any atom is -0.355 e. The first kappa shape index (κ1) is 47.0. The molecule has 50 heavy (non-hydrogen) atoms. The first-order valence-electron chi connectivity index (χ1n) is 18.4. The van der Waals surface area contributed by atoms with Gasteiger partial charge in [-0.2, -0.15) is 0 Å². The lowest BCUT2D eigenvalue weighted by Crippen LogP contribution is -2.54. The van der Waals surface area contributed by atoms with Gasteiger partial charge in [0.25, 0.3) is 0 Å². The van der Waals surface area contributed by atoms with Crippen molar-refractivity contribution in [1.82, 2.24) is 42.5 Å². The Morgan fingerprint density at radius 2 is 1.02 bits per heavy atom. The van der Waals surface area contributed by atoms with Crippen LogP contribution in [-0.4, -0.2) is 120 Å². The second-order valence-corrected chi connectivity index (χ2v) is 13.1. The van der Waals surface area contributed by atoms with Gasteiger partial charge in [-0.25, -0.2) is 0 Å². The van der Waals surface area contributed by atoms with Gasteiger partial charge in [0.2, 0.25) is 23.6 Å². The lowest BCUT2D eigenvalue weighted by atomic mass is 10.0. The van der Waals surface area contributed by atoms with Gasteiger partial charge in [-0.1, -0.05) is 12.8 Å². The summed E-state index contributed by atoms with van der Waals surface area (Å²) in [5, 5.41) is 23.6. The summed E-state index contributed by atoms with van der Waals surface area (Å²) in [4.78, 5) is 76.6. The summed E-state index contributed by atoms with van der Waals surface area (Å²) in [7, 11) is 7.36. The highest BCUT2D eigenvalue weighted by atomic mass is 16.2. The molecule has 0 heterocycles. The molecule has 0 aromatic rings. The average molecular weight is 712 g/mol. The first-order valence-corrected chi connectivity index (χ1v) is 18.4. The number of likely N-dealkylation sites (N-methyl/N-ethyl adjacent to an activating group) is 1. The van der Waals surface area contributed by atoms with Crippen LogP contribution >= 0.6 is 0 Å². The molecule has 4 amide bonds. The zero-order valence-electron chi connectivity index (χ0n) is 31.6. The fourth-order valence-corrected chi connectivity index (χ4v) is 5.54. The highest BCUT2D eigenvalue weighted by Gasteiger charge is 2.28. The number of hydrogen-bond donors (Lipinski definition) is 9. The summed E-state index contributed by atoms with van der Waals surface area (Å²) in [6.07, 6.45) is 7.78. The molecular formula is C35H69N9O6. The Labute approximate surface area is 300 Å². The topological polar surface area (TPSA) is 225 Å². The standard InChI is InChI=1S/C35H69N9O6/c1-25(45)23-27(24-32(47)43-29(26(2)46)16-8-12-20-38-4)42-35(50)31(44-33(48)28(36)15-7-11-19-37-3)18-10-14-22-41-34(49)30(40-6)17-9-13-21-39-5/h27-31,37-40H,7-24,36H2,1-6H3,(H,41,49)(H,42,50)(H,43,47)(H,44,48). The molecule has 0 saturated heterocycles. The quantitative estimate of drug-likeness (QED) is 0.0415. The van der Waals surface area contributed by atoms with E-state index in [1.807, 2.05) is 21.1 Å². The van der Waals surface area contributed by atoms with Gasteiger partial charge in [0.05, 0.1) is 18.1 Å². The van der Waals surface area contributed by atoms with Gasteiger partial charge in [-0.05, 0) is 126 Å². The van der Waals surface area contributed by atoms with Crippen LogP contribution in [0.2, 0.25) is 0 Å². The third kappa shape index (κ3) is 23.4. The second kappa shape index (κ2) is 29.7. The highest BCUT2D eigenvalue weighted by molar-refractivity contribution is 5.91. The van der Waals surface area contributed by atoms with Crippen molar-refractivity contribution in [3.05, 3.63) is 0 Å². The Morgan fingerprint density at radius 1 is 0.520 bits per heavy atom. The van der Waals surface area contributed by atoms with Gasteiger partial charge in [-0.3, -0.25) is 28.8 Å². The Balaban J connectivity index is 5.48. The molecule has 290 valence electrons. The van der Waals surface area contributed by atoms with Crippen molar-refractivity contribution in [3.8, 4) is 0 Å². The number of amides is 4. The van der Waals surface area contributed by atoms with Crippen LogP contribution < -0.4 is 48.3 Å². The van der Waals surface area contributed by atoms with E-state index in [9.17, 15) is 28.8 Å². The molecule has 0 aromatic heterocycles. The summed E-state index contributed by atoms with van der Waals surface area (Å²) < 4.78 is 0. The monoisotopic (exact) mass is 712 g/mol. The summed E-state index contributed by atoms with van der Waals surface area (Å²) >= 11 is 0. The van der Waals surface area contributed by atoms with Crippen molar-refractivity contribution in [2.45, 2.75) is 134 Å². The normalized spacial score (nSPS) is 14.1. The maximum atomic E-state index is 13.6. The van der Waals surface area contributed by atoms with E-state index in [0.29, 0.717) is 32.2 Å². The maximum absolute atomic E-state index is 13.6. The molecule has 0 aromatic carbocycles. The predicted octanol–water partition coefficient (Wildman–Crippen LogP) is -0.230. The number of carbonyl (C=O) groups is 6. The maximum Gasteiger partial charge on any atom is 0.242 e. The summed E-state index contributed by atoms with van der Waals surface area (Å²) in [5.41, 5.74) is 6.16. The Bertz CT molecular complexity index is 1000. The number of nitrogens with two attached hydrogens (primary N) is 1. The Hall–Kier alpha value is -2.98. The molecule has 0 aliphatic carbocycles. The van der Waals surface area contributed by atoms with E-state index in [0.717, 1.165) is 64.6 Å². The van der Waals surface area contributed by atoms with Crippen LogP contribution in [0.25, 0.3) is 0 Å². The molecular weight excluding hydrogens is 642 g/mol. The van der Waals surface area contributed by atoms with Gasteiger partial charge in [-0.15, -0.1) is 0 Å². The van der Waals surface area contributed by atoms with Crippen molar-refractivity contribution >= 4 is 35.2 Å². The number of hydrogen-bond acceptors (Lipinski definition) is 11. The number of ketones is 2. The van der Waals surface area contributed by atoms with Gasteiger partial charge in [0.15, 0.2) is 5.78 Å². The molecule has 0 aliphatic rings. The van der Waals surface area contributed by atoms with E-state index < -0.39 is 41.9 Å². The van der Waals surface area contributed by atoms with Crippen LogP contribution in [0.3, 0.4) is 0 Å². The van der Waals surface area contributed by atoms with E-state index >= 15 is 0 Å². The Morgan fingerprint density at radius 3 is 1.52 bits per heavy atom. The van der Waals surface area contributed by atoms with E-state index in [2.05, 4.69) is 42.5 Å². The van der Waals surface area contributed by atoms with E-state index in [1.165, 1.54) is 13.8 Å². The van der Waals surface area contributed by atoms with E-state index in [1.54, 1.807) is 7.05 Å². The third-order valence-corrected chi connectivity index (χ3v) is 8.52. The summed E-state index contributed by atoms with van der Waals surface area (Å²) in [5.74, 6) is -1.91. The van der Waals surface area contributed by atoms with Gasteiger partial charge in [0, 0.05) is 25.4 Å². The van der Waals surface area contributed by atoms with Crippen molar-refractivity contribution in [1.29, 1.82) is 0 Å². The molecule has 0 spiro atoms. The van der Waals surface area contributed by atoms with E-state index in [-0.39, 0.29) is 42.8 Å². The molecule has 0 radical (unpaired) electrons. The smallest absolute Gasteiger partial charge is 0.242 e. The molecule has 15 nitrogen and oxygen atoms in total. The summed E-state index contributed by atoms with van der Waals surface area (Å²) in [6, 6.07) is -3.55. The number of nitrogens with one attached hydrogen (secondary N) is 8. The van der Waals surface area contributed by atoms with Gasteiger partial charge in [0.1, 0.15) is 11.8 Å². The molecule has 0 aliphatic heterocycles. The molecule has 0 bridgehead atoms. The zero-order valence-corrected chi connectivity index (χ0v) is 31.6. The van der Waals surface area contributed by atoms with Gasteiger partial charge >= 0.3 is 0 Å². The second-order valence-electron chi connectivity index (χ2n) is 13.1. The SMILES string of the molecule is CNCCCCC(N)C(=O)NC(CCCCNC(=O)C(CCCCNC)NC)C(=O)NC(CC(C)=O)CC(=O)NC(CCCCNC)C(C)=O. The van der Waals surface area contributed by atoms with Crippen molar-refractivity contribution in [3.63, 3.8) is 0 Å². The first-order chi connectivity index (χ1) is 23.9. The molecule has 5 unspecified atom stereocenters. The molecule has 15 heteroatoms. The lowest BCUT2D eigenvalue weighted by Gasteiger charge is -2.25. The van der Waals surface area contributed by atoms with Crippen molar-refractivity contribution < 1.29 is 28.8 Å². The number of Topliss-reactive ketones (excluding diaryl/α,β-unsaturated/α-hetero) is 2. The van der Waals surface area contributed by atoms with Crippen LogP contribution in [0.5, 0.6) is 0 Å². The number of unbranched alkanes of at least 4 members (excludes halogenated alkanes) is 4. The van der Waals surface area contributed by atoms with Crippen molar-refractivity contribution in [2.24, 2.45) is 5.73 Å². The lowest BCUT2D eigenvalue weighted by molar-refractivity contribution is -0.131. The Kier molecular flexibility index (Phi) is 28.0. The fourth-order valence-electron chi connectivity index (χ4n) is 5.54. The number of rotatable bonds is 32. The van der Waals surface area contributed by atoms with Crippen LogP contribution in [0, 0.1) is 0 Å². The van der Waals surface area contributed by atoms with Crippen LogP contribution in [0.15, 0.2) is 0 Å². The van der Waals surface area contributed by atoms with E-state index in [4.69, 9.17) is 5.73 Å². The molecule has 0 rings (SSSR count). The molecule has 10 N–H and O–H groups in total. The molecule has 0 saturated carbocycles. The van der Waals surface area contributed by atoms with Crippen molar-refractivity contribution in [2.75, 3.05) is 54.4 Å². The van der Waals surface area contributed by atoms with Crippen LogP contribution in [-0.2, 0) is 28.8 Å². The average Bonchev–Trinajstić information content (AvgIpc) is 3.06.